The van der Waals surface area contributed by atoms with E-state index in [1.807, 2.05) is 6.92 Å². The number of pyridine rings is 2. The number of halogens is 2. The molecule has 0 aliphatic heterocycles. The smallest absolute Gasteiger partial charge is 0.206 e. The van der Waals surface area contributed by atoms with Gasteiger partial charge in [-0.1, -0.05) is 6.92 Å². The van der Waals surface area contributed by atoms with Gasteiger partial charge in [0.25, 0.3) is 0 Å². The summed E-state index contributed by atoms with van der Waals surface area (Å²) >= 11 is 1.49. The Morgan fingerprint density at radius 1 is 1.12 bits per heavy atom. The third-order valence-electron chi connectivity index (χ3n) is 4.43. The van der Waals surface area contributed by atoms with Gasteiger partial charge in [0.2, 0.25) is 5.82 Å². The molecule has 0 amide bonds. The number of ether oxygens (including phenoxy) is 1. The van der Waals surface area contributed by atoms with Crippen molar-refractivity contribution in [2.75, 3.05) is 11.9 Å². The van der Waals surface area contributed by atoms with Gasteiger partial charge in [-0.05, 0) is 42.0 Å². The predicted octanol–water partition coefficient (Wildman–Crippen LogP) is 4.33. The molecule has 1 unspecified atom stereocenters. The van der Waals surface area contributed by atoms with Gasteiger partial charge in [0.15, 0.2) is 23.1 Å². The summed E-state index contributed by atoms with van der Waals surface area (Å²) in [6, 6.07) is 8.21. The molecule has 0 saturated carbocycles. The maximum atomic E-state index is 14.2. The van der Waals surface area contributed by atoms with E-state index in [2.05, 4.69) is 35.9 Å². The second kappa shape index (κ2) is 10.3. The zero-order chi connectivity index (χ0) is 23.2. The van der Waals surface area contributed by atoms with Crippen LogP contribution in [-0.4, -0.2) is 47.6 Å². The highest BCUT2D eigenvalue weighted by molar-refractivity contribution is 7.99. The van der Waals surface area contributed by atoms with Crippen LogP contribution in [0.3, 0.4) is 0 Å². The molecule has 0 aliphatic rings. The zero-order valence-corrected chi connectivity index (χ0v) is 18.2. The molecule has 170 valence electrons. The second-order valence-corrected chi connectivity index (χ2v) is 8.44. The van der Waals surface area contributed by atoms with Crippen LogP contribution < -0.4 is 10.1 Å². The van der Waals surface area contributed by atoms with Gasteiger partial charge in [0.05, 0.1) is 0 Å². The summed E-state index contributed by atoms with van der Waals surface area (Å²) in [5.74, 6) is -0.315. The van der Waals surface area contributed by atoms with Crippen molar-refractivity contribution in [3.8, 4) is 22.9 Å². The number of aliphatic hydroxyl groups is 1. The second-order valence-electron chi connectivity index (χ2n) is 6.93. The molecule has 3 heterocycles. The fourth-order valence-corrected chi connectivity index (χ4v) is 3.79. The number of benzene rings is 1. The molecule has 0 bridgehead atoms. The van der Waals surface area contributed by atoms with Gasteiger partial charge in [0.1, 0.15) is 11.6 Å². The quantitative estimate of drug-likeness (QED) is 0.306. The van der Waals surface area contributed by atoms with E-state index >= 15 is 0 Å². The summed E-state index contributed by atoms with van der Waals surface area (Å²) in [4.78, 5) is 9.49. The summed E-state index contributed by atoms with van der Waals surface area (Å²) in [6.45, 7) is 2.04. The SMILES string of the molecule is CC(CCO)Sc1cnc(Nc2ccc(-c3nn[nH]n3)cn2)c(Oc2ccc(F)cc2F)c1. The molecule has 0 fully saturated rings. The van der Waals surface area contributed by atoms with Crippen LogP contribution in [0.15, 0.2) is 53.7 Å². The van der Waals surface area contributed by atoms with E-state index < -0.39 is 11.6 Å². The van der Waals surface area contributed by atoms with E-state index in [-0.39, 0.29) is 29.2 Å². The van der Waals surface area contributed by atoms with E-state index in [1.165, 1.54) is 17.8 Å². The van der Waals surface area contributed by atoms with Gasteiger partial charge in [-0.2, -0.15) is 5.21 Å². The molecule has 1 atom stereocenters. The number of aromatic nitrogens is 6. The van der Waals surface area contributed by atoms with Crippen LogP contribution in [0.4, 0.5) is 20.4 Å². The Morgan fingerprint density at radius 2 is 2.00 bits per heavy atom. The van der Waals surface area contributed by atoms with Gasteiger partial charge in [-0.15, -0.1) is 22.0 Å². The molecule has 4 aromatic rings. The number of H-pyrrole nitrogens is 1. The lowest BCUT2D eigenvalue weighted by Gasteiger charge is -2.15. The van der Waals surface area contributed by atoms with Crippen LogP contribution in [0.2, 0.25) is 0 Å². The lowest BCUT2D eigenvalue weighted by atomic mass is 10.2. The minimum absolute atomic E-state index is 0.0664. The number of aliphatic hydroxyl groups excluding tert-OH is 1. The standard InChI is InChI=1S/C21H19F2N7O2S/c1-12(6-7-31)33-15-9-18(32-17-4-3-14(22)8-16(17)23)21(25-11-15)26-19-5-2-13(10-24-19)20-27-29-30-28-20/h2-5,8-12,31H,6-7H2,1H3,(H,24,25,26)(H,27,28,29,30). The van der Waals surface area contributed by atoms with E-state index in [4.69, 9.17) is 9.84 Å². The first-order valence-corrected chi connectivity index (χ1v) is 10.8. The van der Waals surface area contributed by atoms with E-state index in [1.54, 1.807) is 30.6 Å². The maximum Gasteiger partial charge on any atom is 0.206 e. The average Bonchev–Trinajstić information content (AvgIpc) is 3.33. The minimum atomic E-state index is -0.838. The molecule has 0 aliphatic carbocycles. The topological polar surface area (TPSA) is 122 Å². The van der Waals surface area contributed by atoms with Crippen molar-refractivity contribution in [1.82, 2.24) is 30.6 Å². The molecule has 0 spiro atoms. The Hall–Kier alpha value is -3.64. The number of thioether (sulfide) groups is 1. The largest absolute Gasteiger partial charge is 0.450 e. The van der Waals surface area contributed by atoms with Crippen molar-refractivity contribution in [3.05, 3.63) is 60.4 Å². The fraction of sp³-hybridized carbons (Fsp3) is 0.190. The van der Waals surface area contributed by atoms with Crippen LogP contribution in [0.25, 0.3) is 11.4 Å². The summed E-state index contributed by atoms with van der Waals surface area (Å²) in [5, 5.41) is 26.0. The summed E-state index contributed by atoms with van der Waals surface area (Å²) in [7, 11) is 0. The lowest BCUT2D eigenvalue weighted by molar-refractivity contribution is 0.289. The van der Waals surface area contributed by atoms with Crippen molar-refractivity contribution in [2.45, 2.75) is 23.5 Å². The Bertz CT molecular complexity index is 1210. The van der Waals surface area contributed by atoms with Crippen molar-refractivity contribution in [1.29, 1.82) is 0 Å². The third kappa shape index (κ3) is 5.79. The fourth-order valence-electron chi connectivity index (χ4n) is 2.82. The van der Waals surface area contributed by atoms with Crippen LogP contribution in [0.5, 0.6) is 11.5 Å². The van der Waals surface area contributed by atoms with Gasteiger partial charge in [-0.25, -0.2) is 18.7 Å². The van der Waals surface area contributed by atoms with Crippen LogP contribution >= 0.6 is 11.8 Å². The summed E-state index contributed by atoms with van der Waals surface area (Å²) < 4.78 is 33.3. The van der Waals surface area contributed by atoms with Crippen LogP contribution in [0.1, 0.15) is 13.3 Å². The molecule has 9 nitrogen and oxygen atoms in total. The molecule has 12 heteroatoms. The van der Waals surface area contributed by atoms with Crippen molar-refractivity contribution >= 4 is 23.4 Å². The normalized spacial score (nSPS) is 11.9. The molecule has 4 rings (SSSR count). The first-order valence-electron chi connectivity index (χ1n) is 9.89. The molecular weight excluding hydrogens is 452 g/mol. The molecule has 0 saturated heterocycles. The third-order valence-corrected chi connectivity index (χ3v) is 5.56. The number of nitrogens with zero attached hydrogens (tertiary/aromatic N) is 5. The Balaban J connectivity index is 1.61. The molecule has 33 heavy (non-hydrogen) atoms. The lowest BCUT2D eigenvalue weighted by Crippen LogP contribution is -2.02. The van der Waals surface area contributed by atoms with Crippen molar-refractivity contribution in [2.24, 2.45) is 0 Å². The van der Waals surface area contributed by atoms with Crippen molar-refractivity contribution in [3.63, 3.8) is 0 Å². The highest BCUT2D eigenvalue weighted by Crippen LogP contribution is 2.36. The van der Waals surface area contributed by atoms with Crippen LogP contribution in [-0.2, 0) is 0 Å². The Labute approximate surface area is 191 Å². The number of anilines is 2. The molecular formula is C21H19F2N7O2S. The summed E-state index contributed by atoms with van der Waals surface area (Å²) in [6.07, 6.45) is 3.81. The number of tetrazole rings is 1. The average molecular weight is 471 g/mol. The number of nitrogens with one attached hydrogen (secondary N) is 2. The van der Waals surface area contributed by atoms with Gasteiger partial charge in [-0.3, -0.25) is 0 Å². The highest BCUT2D eigenvalue weighted by atomic mass is 32.2. The number of aromatic amines is 1. The number of hydrogen-bond acceptors (Lipinski definition) is 9. The minimum Gasteiger partial charge on any atom is -0.450 e. The monoisotopic (exact) mass is 471 g/mol. The predicted molar refractivity (Wildman–Crippen MR) is 118 cm³/mol. The van der Waals surface area contributed by atoms with Gasteiger partial charge < -0.3 is 15.2 Å². The molecule has 1 aromatic carbocycles. The van der Waals surface area contributed by atoms with E-state index in [0.29, 0.717) is 23.6 Å². The maximum absolute atomic E-state index is 14.2. The van der Waals surface area contributed by atoms with E-state index in [9.17, 15) is 8.78 Å². The molecule has 0 radical (unpaired) electrons. The van der Waals surface area contributed by atoms with Gasteiger partial charge >= 0.3 is 0 Å². The first-order chi connectivity index (χ1) is 16.0. The van der Waals surface area contributed by atoms with Crippen LogP contribution in [0, 0.1) is 11.6 Å². The highest BCUT2D eigenvalue weighted by Gasteiger charge is 2.15. The Kier molecular flexibility index (Phi) is 7.05. The molecule has 3 N–H and O–H groups in total. The Morgan fingerprint density at radius 3 is 2.70 bits per heavy atom. The number of rotatable bonds is 9. The number of hydrogen-bond donors (Lipinski definition) is 3. The van der Waals surface area contributed by atoms with E-state index in [0.717, 1.165) is 17.0 Å². The van der Waals surface area contributed by atoms with Crippen molar-refractivity contribution < 1.29 is 18.6 Å². The first kappa shape index (κ1) is 22.6. The summed E-state index contributed by atoms with van der Waals surface area (Å²) in [5.41, 5.74) is 0.664. The van der Waals surface area contributed by atoms with Gasteiger partial charge in [0, 0.05) is 40.8 Å². The zero-order valence-electron chi connectivity index (χ0n) is 17.4. The molecule has 3 aromatic heterocycles.